The topological polar surface area (TPSA) is 407 Å². The number of aliphatic hydroxyl groups is 5. The smallest absolute Gasteiger partial charge is 1.00 e. The normalized spacial score (nSPS) is 35.0. The van der Waals surface area contributed by atoms with E-state index in [1.165, 1.54) is 20.0 Å². The SMILES string of the molecule is C.C.C.C.C.C.C.CC1(C)O[C@H]2O[C@H](CO)C(O)[C@@H]2O1.CCC1[C@@H](CC)O[C@@H]2OC(C)(C)O[C@@H]12.CCCC1[C@@H](CC)O[C@@H]2OC(C)(C)O[C@@H]12.CCCC1[C@@H](CO)O[C@@H]2OC(C)(C)O[C@@H]12.CC[C@H]1O[C@@H]2OC(C)(C)O[C@H]2C1=O.CC[C@H]1O[C@@H]2OC(C)(C)O[C@H]2C1CCO.CC[C@H]1O[C@@H]2OC(C)(C)O[C@H]2C1O.COC(=O)CP(C)(C)=O.C[B]I.O=C(Cl)c1ccccc1.O=C=O.[AlH3].[H-].[Li+]. The third kappa shape index (κ3) is 41.0. The number of rotatable bonds is 17. The van der Waals surface area contributed by atoms with Crippen molar-refractivity contribution in [2.24, 2.45) is 23.7 Å². The summed E-state index contributed by atoms with van der Waals surface area (Å²) in [6.45, 7) is 48.0. The second kappa shape index (κ2) is 62.3. The van der Waals surface area contributed by atoms with Crippen molar-refractivity contribution >= 4 is 86.8 Å². The van der Waals surface area contributed by atoms with Crippen molar-refractivity contribution in [2.75, 3.05) is 46.4 Å². The summed E-state index contributed by atoms with van der Waals surface area (Å²) in [5, 5.41) is 48.0. The average Bonchev–Trinajstić information content (AvgIpc) is 1.61. The number of carbonyl (C=O) groups is 3. The Balaban J connectivity index is -0.000000334. The van der Waals surface area contributed by atoms with Gasteiger partial charge < -0.3 is 136 Å². The van der Waals surface area contributed by atoms with E-state index in [-0.39, 0.29) is 219 Å². The summed E-state index contributed by atoms with van der Waals surface area (Å²) >= 11 is 7.33. The van der Waals surface area contributed by atoms with Crippen molar-refractivity contribution in [1.82, 2.24) is 0 Å². The number of Topliss-reactive ketones (excluding diaryl/α,β-unsaturated/α-hetero) is 1. The number of esters is 1. The molecule has 14 fully saturated rings. The van der Waals surface area contributed by atoms with Crippen LogP contribution in [0, 0.1) is 23.7 Å². The summed E-state index contributed by atoms with van der Waals surface area (Å²) in [4.78, 5) is 48.7. The molecule has 6 unspecified atom stereocenters. The van der Waals surface area contributed by atoms with Crippen LogP contribution in [-0.2, 0) is 128 Å². The maximum Gasteiger partial charge on any atom is 1.00 e. The van der Waals surface area contributed by atoms with Crippen molar-refractivity contribution in [3.05, 3.63) is 35.9 Å². The van der Waals surface area contributed by atoms with Crippen LogP contribution >= 0.6 is 41.1 Å². The van der Waals surface area contributed by atoms with E-state index in [1.807, 2.05) is 101 Å². The molecule has 0 amide bonds. The molecule has 0 saturated carbocycles. The quantitative estimate of drug-likeness (QED) is 0.0318. The van der Waals surface area contributed by atoms with Crippen molar-refractivity contribution in [1.29, 1.82) is 0 Å². The number of fused-ring (bicyclic) bond motifs is 7. The van der Waals surface area contributed by atoms with Gasteiger partial charge in [0.15, 0.2) is 119 Å². The van der Waals surface area contributed by atoms with Gasteiger partial charge in [-0.05, 0) is 180 Å². The standard InChI is InChI=1S/C12H22O3.2C11H20O4.C11H20O3.C9H16O4.C9H14O4.C8H14O5.C7H5ClO.C5H11O3P.CH3BI.CO2.7CH4.Al.Li.4H/c1-5-7-8-9(6-2)13-11-10(8)14-12(3,4)15-11;1-4-8-7(5-6-12)9-10(13-8)15-11(2,3)14-9;1-4-5-7-8(6-12)13-10-9(7)14-11(2,3)15-10;1-5-7-8(6-2)12-10-9(7)13-11(3,4)14-10;2*1-4-5-6(10)7-8(11-5)13-9(2,3)12-7;1-8(2)12-6-5(10)4(3-9)11-7(6)13-8;8-7(9)6-4-2-1-3-5-6;1-8-5(6)4-9(2,3)7;1-2-3;2-1-3;;;;;;;;;;;;;/h8-11H,5-7H2,1-4H3;2*7-10,12H,4-6H2,1-3H3;7-10H,5-6H2,1-4H3;5-8,10H,4H2,1-3H3;5,7-8H,4H2,1-3H3;4-7,9-10H,3H2,1-2H3;1-5H;4H2,1-3H3;1H3;;7*1H4;;;;;;/q;;;;;;;;;;;;;;;;;;;+1;;;;-1/t8?,9-,10+,11-;3*7?,8-,9+,10-;5-,6?,7+,8-;5-,7+,8-;4-,5?,6+,7-;;;;;;;;;;;;;;;;;/m1111111................./s1. The van der Waals surface area contributed by atoms with Crippen LogP contribution in [0.1, 0.15) is 287 Å². The van der Waals surface area contributed by atoms with Crippen LogP contribution in [0.2, 0.25) is 6.82 Å². The van der Waals surface area contributed by atoms with Gasteiger partial charge >= 0.3 is 31.0 Å². The number of ether oxygens (including phenoxy) is 22. The number of benzene rings is 1. The molecule has 0 aliphatic carbocycles. The Hall–Kier alpha value is -1.19. The molecule has 1 aromatic rings. The van der Waals surface area contributed by atoms with E-state index in [0.29, 0.717) is 36.0 Å². The second-order valence-corrected chi connectivity index (χ2v) is 40.2. The molecule has 27 atom stereocenters. The molecule has 15 rings (SSSR count). The van der Waals surface area contributed by atoms with E-state index in [1.54, 1.807) is 65.3 Å². The van der Waals surface area contributed by atoms with Gasteiger partial charge in [0.05, 0.1) is 64.1 Å². The predicted octanol–water partition coefficient (Wildman–Crippen LogP) is 12.0. The molecule has 14 aliphatic heterocycles. The first-order valence-electron chi connectivity index (χ1n) is 43.0. The fourth-order valence-electron chi connectivity index (χ4n) is 16.6. The molecule has 131 heavy (non-hydrogen) atoms. The van der Waals surface area contributed by atoms with E-state index in [4.69, 9.17) is 131 Å². The Labute approximate surface area is 829 Å². The summed E-state index contributed by atoms with van der Waals surface area (Å²) in [7, 11) is -0.923. The Bertz CT molecular complexity index is 3220. The fraction of sp³-hybridized carbons (Fsp3) is 0.891. The molecular formula is C92H177AlBClILiO33P. The van der Waals surface area contributed by atoms with Gasteiger partial charge in [-0.3, -0.25) is 14.4 Å². The van der Waals surface area contributed by atoms with Crippen LogP contribution in [0.5, 0.6) is 0 Å². The molecule has 0 bridgehead atoms. The molecule has 14 saturated heterocycles. The molecule has 33 nitrogen and oxygen atoms in total. The summed E-state index contributed by atoms with van der Waals surface area (Å²) in [6.07, 6.45) is 5.89. The first kappa shape index (κ1) is 138. The predicted molar refractivity (Wildman–Crippen MR) is 511 cm³/mol. The van der Waals surface area contributed by atoms with Gasteiger partial charge in [0.25, 0.3) is 5.24 Å². The minimum atomic E-state index is -2.21. The van der Waals surface area contributed by atoms with Crippen molar-refractivity contribution in [3.8, 4) is 0 Å². The fourth-order valence-corrected chi connectivity index (χ4v) is 17.4. The Morgan fingerprint density at radius 1 is 0.450 bits per heavy atom. The van der Waals surface area contributed by atoms with Crippen molar-refractivity contribution < 1.29 is 179 Å². The third-order valence-corrected chi connectivity index (χ3v) is 22.9. The van der Waals surface area contributed by atoms with E-state index >= 15 is 0 Å². The zero-order chi connectivity index (χ0) is 92.0. The first-order chi connectivity index (χ1) is 57.0. The minimum Gasteiger partial charge on any atom is -1.00 e. The molecule has 14 aliphatic rings. The number of halogens is 2. The molecular weight excluding hydrogens is 1870 g/mol. The Morgan fingerprint density at radius 3 is 1.01 bits per heavy atom. The average molecular weight is 2050 g/mol. The molecule has 39 heteroatoms. The second-order valence-electron chi connectivity index (χ2n) is 35.1. The van der Waals surface area contributed by atoms with Gasteiger partial charge in [-0.25, -0.2) is 0 Å². The number of hydrogen-bond donors (Lipinski definition) is 5. The van der Waals surface area contributed by atoms with Gasteiger partial charge in [0.1, 0.15) is 61.0 Å². The van der Waals surface area contributed by atoms with Gasteiger partial charge in [0.2, 0.25) is 0 Å². The van der Waals surface area contributed by atoms with Crippen LogP contribution in [0.3, 0.4) is 0 Å². The Kier molecular flexibility index (Phi) is 65.7. The summed E-state index contributed by atoms with van der Waals surface area (Å²) in [6, 6.07) is 8.74. The van der Waals surface area contributed by atoms with Gasteiger partial charge in [-0.1, -0.05) is 157 Å². The van der Waals surface area contributed by atoms with Crippen LogP contribution in [0.4, 0.5) is 0 Å². The van der Waals surface area contributed by atoms with E-state index in [2.05, 4.69) is 68.7 Å². The monoisotopic (exact) mass is 2050 g/mol. The number of aliphatic hydroxyl groups excluding tert-OH is 5. The summed E-state index contributed by atoms with van der Waals surface area (Å²) in [5.41, 5.74) is 0.541. The number of ketones is 1. The number of carbonyl (C=O) groups excluding carboxylic acids is 5. The van der Waals surface area contributed by atoms with Crippen LogP contribution in [-0.4, -0.2) is 300 Å². The molecule has 14 heterocycles. The Morgan fingerprint density at radius 2 is 0.733 bits per heavy atom. The maximum atomic E-state index is 11.6. The zero-order valence-corrected chi connectivity index (χ0v) is 81.3. The molecule has 5 N–H and O–H groups in total. The van der Waals surface area contributed by atoms with Gasteiger partial charge in [-0.2, -0.15) is 32.0 Å². The number of methoxy groups -OCH3 is 1. The summed E-state index contributed by atoms with van der Waals surface area (Å²) < 4.78 is 133. The van der Waals surface area contributed by atoms with Crippen LogP contribution < -0.4 is 18.9 Å². The third-order valence-electron chi connectivity index (χ3n) is 21.6. The van der Waals surface area contributed by atoms with E-state index in [9.17, 15) is 34.3 Å². The minimum absolute atomic E-state index is 0. The van der Waals surface area contributed by atoms with Crippen molar-refractivity contribution in [2.45, 2.75) is 464 Å². The molecule has 1 radical (unpaired) electrons. The largest absolute Gasteiger partial charge is 1.00 e. The van der Waals surface area contributed by atoms with E-state index in [0.717, 1.165) is 51.4 Å². The first-order valence-corrected chi connectivity index (χ1v) is 47.4. The van der Waals surface area contributed by atoms with Gasteiger partial charge in [-0.15, -0.1) is 0 Å². The molecule has 0 aromatic heterocycles. The number of hydrogen-bond acceptors (Lipinski definition) is 33. The maximum absolute atomic E-state index is 11.6. The van der Waals surface area contributed by atoms with Gasteiger partial charge in [0, 0.05) is 35.8 Å². The van der Waals surface area contributed by atoms with Crippen LogP contribution in [0.15, 0.2) is 30.3 Å². The molecule has 1 aromatic carbocycles. The molecule has 769 valence electrons. The molecule has 0 spiro atoms. The summed E-state index contributed by atoms with van der Waals surface area (Å²) in [5.74, 6) is -2.96. The van der Waals surface area contributed by atoms with Crippen molar-refractivity contribution in [3.63, 3.8) is 0 Å². The van der Waals surface area contributed by atoms with E-state index < -0.39 is 108 Å². The van der Waals surface area contributed by atoms with Crippen LogP contribution in [0.25, 0.3) is 0 Å². The zero-order valence-electron chi connectivity index (χ0n) is 78.5.